The van der Waals surface area contributed by atoms with Crippen LogP contribution in [0.3, 0.4) is 0 Å². The Labute approximate surface area is 151 Å². The molecule has 0 bridgehead atoms. The molecule has 3 rings (SSSR count). The molecule has 0 spiro atoms. The zero-order valence-corrected chi connectivity index (χ0v) is 15.8. The molecule has 1 aliphatic heterocycles. The summed E-state index contributed by atoms with van der Waals surface area (Å²) in [6, 6.07) is 9.21. The minimum absolute atomic E-state index is 0.0293. The molecule has 1 saturated heterocycles. The number of hydrogen-bond acceptors (Lipinski definition) is 2. The largest absolute Gasteiger partial charge is 0.381 e. The topological polar surface area (TPSA) is 41.6 Å². The molecule has 0 radical (unpaired) electrons. The maximum Gasteiger partial charge on any atom is 0.318 e. The fourth-order valence-electron chi connectivity index (χ4n) is 3.55. The highest BCUT2D eigenvalue weighted by molar-refractivity contribution is 5.75. The molecule has 1 aromatic rings. The van der Waals surface area contributed by atoms with Crippen molar-refractivity contribution in [2.24, 2.45) is 11.8 Å². The third-order valence-electron chi connectivity index (χ3n) is 5.19. The van der Waals surface area contributed by atoms with Crippen LogP contribution in [0.5, 0.6) is 0 Å². The summed E-state index contributed by atoms with van der Waals surface area (Å²) in [5.74, 6) is 1.16. The van der Waals surface area contributed by atoms with E-state index in [9.17, 15) is 4.79 Å². The highest BCUT2D eigenvalue weighted by Crippen LogP contribution is 2.29. The van der Waals surface area contributed by atoms with Crippen LogP contribution in [0.1, 0.15) is 57.2 Å². The van der Waals surface area contributed by atoms with Gasteiger partial charge in [0, 0.05) is 25.1 Å². The standard InChI is InChI=1S/C21H32N2O2/c1-15(2)12-17-4-6-19(7-5-17)16(3)22-21(24)23(20-8-9-20)13-18-10-11-25-14-18/h4-7,15-16,18,20H,8-14H2,1-3H3,(H,22,24). The van der Waals surface area contributed by atoms with Crippen LogP contribution in [0.25, 0.3) is 0 Å². The molecule has 2 atom stereocenters. The normalized spacial score (nSPS) is 21.4. The number of nitrogens with one attached hydrogen (secondary N) is 1. The van der Waals surface area contributed by atoms with Gasteiger partial charge in [0.15, 0.2) is 0 Å². The smallest absolute Gasteiger partial charge is 0.318 e. The zero-order chi connectivity index (χ0) is 17.8. The number of amides is 2. The Morgan fingerprint density at radius 2 is 1.92 bits per heavy atom. The summed E-state index contributed by atoms with van der Waals surface area (Å²) in [4.78, 5) is 14.8. The number of nitrogens with zero attached hydrogens (tertiary/aromatic N) is 1. The van der Waals surface area contributed by atoms with Gasteiger partial charge < -0.3 is 15.0 Å². The van der Waals surface area contributed by atoms with Crippen molar-refractivity contribution in [2.45, 2.75) is 58.5 Å². The number of carbonyl (C=O) groups excluding carboxylic acids is 1. The highest BCUT2D eigenvalue weighted by Gasteiger charge is 2.35. The average molecular weight is 344 g/mol. The summed E-state index contributed by atoms with van der Waals surface area (Å²) in [6.07, 6.45) is 4.45. The molecule has 2 fully saturated rings. The van der Waals surface area contributed by atoms with Crippen LogP contribution >= 0.6 is 0 Å². The van der Waals surface area contributed by atoms with Gasteiger partial charge in [-0.1, -0.05) is 38.1 Å². The Morgan fingerprint density at radius 1 is 1.20 bits per heavy atom. The minimum atomic E-state index is 0.0293. The molecule has 1 aromatic carbocycles. The Hall–Kier alpha value is -1.55. The van der Waals surface area contributed by atoms with Crippen LogP contribution in [0.2, 0.25) is 0 Å². The molecular formula is C21H32N2O2. The third kappa shape index (κ3) is 5.21. The van der Waals surface area contributed by atoms with Crippen LogP contribution in [0, 0.1) is 11.8 Å². The van der Waals surface area contributed by atoms with Gasteiger partial charge in [0.1, 0.15) is 0 Å². The Balaban J connectivity index is 1.56. The Morgan fingerprint density at radius 3 is 2.48 bits per heavy atom. The minimum Gasteiger partial charge on any atom is -0.381 e. The van der Waals surface area contributed by atoms with Crippen LogP contribution in [-0.2, 0) is 11.2 Å². The summed E-state index contributed by atoms with van der Waals surface area (Å²) in [7, 11) is 0. The molecule has 4 heteroatoms. The van der Waals surface area contributed by atoms with E-state index in [0.29, 0.717) is 17.9 Å². The predicted octanol–water partition coefficient (Wildman–Crippen LogP) is 4.16. The van der Waals surface area contributed by atoms with E-state index in [4.69, 9.17) is 4.74 Å². The van der Waals surface area contributed by atoms with E-state index in [1.165, 1.54) is 11.1 Å². The molecule has 2 aliphatic rings. The van der Waals surface area contributed by atoms with Crippen LogP contribution in [0.4, 0.5) is 4.79 Å². The van der Waals surface area contributed by atoms with Gasteiger partial charge in [-0.3, -0.25) is 0 Å². The van der Waals surface area contributed by atoms with Crippen LogP contribution in [0.15, 0.2) is 24.3 Å². The zero-order valence-electron chi connectivity index (χ0n) is 15.8. The summed E-state index contributed by atoms with van der Waals surface area (Å²) >= 11 is 0. The van der Waals surface area contributed by atoms with E-state index in [-0.39, 0.29) is 12.1 Å². The van der Waals surface area contributed by atoms with Crippen LogP contribution < -0.4 is 5.32 Å². The van der Waals surface area contributed by atoms with Gasteiger partial charge in [-0.15, -0.1) is 0 Å². The lowest BCUT2D eigenvalue weighted by Crippen LogP contribution is -2.44. The molecular weight excluding hydrogens is 312 g/mol. The van der Waals surface area contributed by atoms with Crippen molar-refractivity contribution in [2.75, 3.05) is 19.8 Å². The number of ether oxygens (including phenoxy) is 1. The second kappa shape index (κ2) is 8.22. The van der Waals surface area contributed by atoms with E-state index in [0.717, 1.165) is 45.4 Å². The van der Waals surface area contributed by atoms with Gasteiger partial charge in [-0.25, -0.2) is 4.79 Å². The Bertz CT molecular complexity index is 560. The van der Waals surface area contributed by atoms with Crippen molar-refractivity contribution >= 4 is 6.03 Å². The summed E-state index contributed by atoms with van der Waals surface area (Å²) in [5, 5.41) is 3.20. The monoisotopic (exact) mass is 344 g/mol. The SMILES string of the molecule is CC(C)Cc1ccc(C(C)NC(=O)N(CC2CCOC2)C2CC2)cc1. The van der Waals surface area contributed by atoms with Crippen molar-refractivity contribution < 1.29 is 9.53 Å². The van der Waals surface area contributed by atoms with Gasteiger partial charge in [-0.2, -0.15) is 0 Å². The van der Waals surface area contributed by atoms with E-state index in [2.05, 4.69) is 50.4 Å². The molecule has 25 heavy (non-hydrogen) atoms. The molecule has 4 nitrogen and oxygen atoms in total. The van der Waals surface area contributed by atoms with Crippen molar-refractivity contribution in [1.82, 2.24) is 10.2 Å². The van der Waals surface area contributed by atoms with Crippen LogP contribution in [-0.4, -0.2) is 36.7 Å². The predicted molar refractivity (Wildman–Crippen MR) is 101 cm³/mol. The average Bonchev–Trinajstić information content (AvgIpc) is 3.28. The molecule has 1 saturated carbocycles. The highest BCUT2D eigenvalue weighted by atomic mass is 16.5. The lowest BCUT2D eigenvalue weighted by atomic mass is 10.00. The molecule has 2 unspecified atom stereocenters. The molecule has 1 N–H and O–H groups in total. The maximum atomic E-state index is 12.8. The molecule has 2 amide bonds. The first-order valence-electron chi connectivity index (χ1n) is 9.76. The number of urea groups is 1. The summed E-state index contributed by atoms with van der Waals surface area (Å²) < 4.78 is 5.47. The number of hydrogen-bond donors (Lipinski definition) is 1. The first-order chi connectivity index (χ1) is 12.0. The van der Waals surface area contributed by atoms with Gasteiger partial charge in [0.25, 0.3) is 0 Å². The van der Waals surface area contributed by atoms with Crippen molar-refractivity contribution in [1.29, 1.82) is 0 Å². The van der Waals surface area contributed by atoms with Gasteiger partial charge in [0.2, 0.25) is 0 Å². The second-order valence-electron chi connectivity index (χ2n) is 8.12. The summed E-state index contributed by atoms with van der Waals surface area (Å²) in [6.45, 7) is 9.00. The first kappa shape index (κ1) is 18.2. The molecule has 0 aromatic heterocycles. The fraction of sp³-hybridized carbons (Fsp3) is 0.667. The fourth-order valence-corrected chi connectivity index (χ4v) is 3.55. The van der Waals surface area contributed by atoms with E-state index >= 15 is 0 Å². The first-order valence-corrected chi connectivity index (χ1v) is 9.76. The number of carbonyl (C=O) groups is 1. The van der Waals surface area contributed by atoms with Gasteiger partial charge in [0.05, 0.1) is 12.6 Å². The van der Waals surface area contributed by atoms with Crippen molar-refractivity contribution in [3.05, 3.63) is 35.4 Å². The number of rotatable bonds is 7. The van der Waals surface area contributed by atoms with Gasteiger partial charge in [-0.05, 0) is 49.7 Å². The van der Waals surface area contributed by atoms with E-state index in [1.54, 1.807) is 0 Å². The van der Waals surface area contributed by atoms with E-state index < -0.39 is 0 Å². The second-order valence-corrected chi connectivity index (χ2v) is 8.12. The van der Waals surface area contributed by atoms with E-state index in [1.807, 2.05) is 4.90 Å². The molecule has 138 valence electrons. The Kier molecular flexibility index (Phi) is 6.00. The molecule has 1 heterocycles. The van der Waals surface area contributed by atoms with Crippen molar-refractivity contribution in [3.8, 4) is 0 Å². The van der Waals surface area contributed by atoms with Crippen molar-refractivity contribution in [3.63, 3.8) is 0 Å². The lowest BCUT2D eigenvalue weighted by Gasteiger charge is -2.27. The summed E-state index contributed by atoms with van der Waals surface area (Å²) in [5.41, 5.74) is 2.53. The maximum absolute atomic E-state index is 12.8. The number of benzene rings is 1. The third-order valence-corrected chi connectivity index (χ3v) is 5.19. The quantitative estimate of drug-likeness (QED) is 0.807. The molecule has 1 aliphatic carbocycles. The lowest BCUT2D eigenvalue weighted by molar-refractivity contribution is 0.161. The van der Waals surface area contributed by atoms with Gasteiger partial charge >= 0.3 is 6.03 Å².